The largest absolute Gasteiger partial charge is 0.488 e. The number of rotatable bonds is 10. The van der Waals surface area contributed by atoms with Gasteiger partial charge in [-0.3, -0.25) is 4.79 Å². The van der Waals surface area contributed by atoms with E-state index in [4.69, 9.17) is 21.1 Å². The highest BCUT2D eigenvalue weighted by Crippen LogP contribution is 2.25. The molecule has 0 spiro atoms. The van der Waals surface area contributed by atoms with Gasteiger partial charge in [-0.1, -0.05) is 44.2 Å². The Morgan fingerprint density at radius 2 is 2.09 bits per heavy atom. The fourth-order valence-electron chi connectivity index (χ4n) is 1.97. The topological polar surface area (TPSA) is 38.8 Å². The number of hydrogen-bond donors (Lipinski definition) is 0. The Morgan fingerprint density at radius 1 is 1.36 bits per heavy atom. The Kier molecular flexibility index (Phi) is 8.63. The van der Waals surface area contributed by atoms with Crippen LogP contribution in [0, 0.1) is 0 Å². The van der Waals surface area contributed by atoms with E-state index in [2.05, 4.69) is 25.3 Å². The molecule has 0 aromatic heterocycles. The first-order valence-corrected chi connectivity index (χ1v) is 7.88. The molecule has 0 aliphatic heterocycles. The summed E-state index contributed by atoms with van der Waals surface area (Å²) in [6.45, 7) is 11.2. The van der Waals surface area contributed by atoms with E-state index >= 15 is 0 Å². The molecule has 1 aromatic carbocycles. The third-order valence-corrected chi connectivity index (χ3v) is 3.56. The van der Waals surface area contributed by atoms with Crippen LogP contribution >= 0.6 is 11.6 Å². The first-order chi connectivity index (χ1) is 10.6. The van der Waals surface area contributed by atoms with Gasteiger partial charge in [0.15, 0.2) is 0 Å². The highest BCUT2D eigenvalue weighted by molar-refractivity contribution is 6.32. The van der Waals surface area contributed by atoms with Crippen molar-refractivity contribution in [3.8, 4) is 5.75 Å². The standard InChI is InChI=1S/C17H24ClNO3/c1-4-10-21-16-8-7-14(12-15(16)18)13-17(20)22-11-9-19(5-2)6-3/h4,7-8,12H,1,5-6,9-11,13H2,2-3H3. The Balaban J connectivity index is 2.44. The molecule has 1 rings (SSSR count). The average Bonchev–Trinajstić information content (AvgIpc) is 2.51. The van der Waals surface area contributed by atoms with Gasteiger partial charge < -0.3 is 14.4 Å². The molecule has 0 atom stereocenters. The van der Waals surface area contributed by atoms with E-state index in [-0.39, 0.29) is 12.4 Å². The van der Waals surface area contributed by atoms with E-state index in [1.54, 1.807) is 18.2 Å². The summed E-state index contributed by atoms with van der Waals surface area (Å²) in [6, 6.07) is 5.30. The number of hydrogen-bond acceptors (Lipinski definition) is 4. The van der Waals surface area contributed by atoms with Gasteiger partial charge >= 0.3 is 5.97 Å². The maximum absolute atomic E-state index is 11.8. The molecule has 5 heteroatoms. The summed E-state index contributed by atoms with van der Waals surface area (Å²) in [7, 11) is 0. The molecule has 4 nitrogen and oxygen atoms in total. The number of nitrogens with zero attached hydrogens (tertiary/aromatic N) is 1. The SMILES string of the molecule is C=CCOc1ccc(CC(=O)OCCN(CC)CC)cc1Cl. The van der Waals surface area contributed by atoms with Crippen LogP contribution in [0.5, 0.6) is 5.75 Å². The van der Waals surface area contributed by atoms with Crippen molar-refractivity contribution in [2.75, 3.05) is 32.8 Å². The van der Waals surface area contributed by atoms with Crippen LogP contribution < -0.4 is 4.74 Å². The first-order valence-electron chi connectivity index (χ1n) is 7.50. The molecule has 0 fully saturated rings. The fourth-order valence-corrected chi connectivity index (χ4v) is 2.22. The third-order valence-electron chi connectivity index (χ3n) is 3.27. The molecular weight excluding hydrogens is 302 g/mol. The van der Waals surface area contributed by atoms with Gasteiger partial charge in [-0.25, -0.2) is 0 Å². The van der Waals surface area contributed by atoms with Crippen LogP contribution in [0.2, 0.25) is 5.02 Å². The van der Waals surface area contributed by atoms with Crippen LogP contribution in [0.25, 0.3) is 0 Å². The maximum atomic E-state index is 11.8. The van der Waals surface area contributed by atoms with Gasteiger partial charge in [0.2, 0.25) is 0 Å². The van der Waals surface area contributed by atoms with E-state index in [0.717, 1.165) is 25.2 Å². The molecule has 22 heavy (non-hydrogen) atoms. The highest BCUT2D eigenvalue weighted by Gasteiger charge is 2.09. The van der Waals surface area contributed by atoms with Gasteiger partial charge in [0.05, 0.1) is 11.4 Å². The van der Waals surface area contributed by atoms with E-state index in [1.165, 1.54) is 0 Å². The van der Waals surface area contributed by atoms with Gasteiger partial charge in [0, 0.05) is 6.54 Å². The third kappa shape index (κ3) is 6.50. The van der Waals surface area contributed by atoms with Gasteiger partial charge in [-0.05, 0) is 30.8 Å². The van der Waals surface area contributed by atoms with Crippen LogP contribution in [0.1, 0.15) is 19.4 Å². The second kappa shape index (κ2) is 10.2. The summed E-state index contributed by atoms with van der Waals surface area (Å²) in [5.74, 6) is 0.336. The van der Waals surface area contributed by atoms with Gasteiger partial charge in [-0.2, -0.15) is 0 Å². The minimum atomic E-state index is -0.247. The molecule has 0 heterocycles. The number of likely N-dealkylation sites (N-methyl/N-ethyl adjacent to an activating group) is 1. The second-order valence-corrected chi connectivity index (χ2v) is 5.20. The summed E-state index contributed by atoms with van der Waals surface area (Å²) in [4.78, 5) is 14.0. The van der Waals surface area contributed by atoms with E-state index in [1.807, 2.05) is 6.07 Å². The Hall–Kier alpha value is -1.52. The molecule has 0 radical (unpaired) electrons. The maximum Gasteiger partial charge on any atom is 0.310 e. The van der Waals surface area contributed by atoms with Crippen molar-refractivity contribution >= 4 is 17.6 Å². The van der Waals surface area contributed by atoms with Crippen molar-refractivity contribution in [3.05, 3.63) is 41.4 Å². The van der Waals surface area contributed by atoms with Gasteiger partial charge in [0.25, 0.3) is 0 Å². The normalized spacial score (nSPS) is 10.5. The van der Waals surface area contributed by atoms with E-state index in [9.17, 15) is 4.79 Å². The van der Waals surface area contributed by atoms with Crippen molar-refractivity contribution in [2.24, 2.45) is 0 Å². The molecule has 0 N–H and O–H groups in total. The summed E-state index contributed by atoms with van der Waals surface area (Å²) >= 11 is 6.11. The Morgan fingerprint density at radius 3 is 2.68 bits per heavy atom. The molecule has 0 saturated heterocycles. The van der Waals surface area contributed by atoms with Crippen LogP contribution in [-0.4, -0.2) is 43.7 Å². The lowest BCUT2D eigenvalue weighted by Crippen LogP contribution is -2.28. The quantitative estimate of drug-likeness (QED) is 0.488. The zero-order valence-corrected chi connectivity index (χ0v) is 14.1. The zero-order valence-electron chi connectivity index (χ0n) is 13.3. The van der Waals surface area contributed by atoms with Crippen molar-refractivity contribution < 1.29 is 14.3 Å². The number of ether oxygens (including phenoxy) is 2. The monoisotopic (exact) mass is 325 g/mol. The summed E-state index contributed by atoms with van der Waals surface area (Å²) in [6.07, 6.45) is 1.86. The lowest BCUT2D eigenvalue weighted by Gasteiger charge is -2.17. The van der Waals surface area contributed by atoms with Crippen molar-refractivity contribution in [2.45, 2.75) is 20.3 Å². The highest BCUT2D eigenvalue weighted by atomic mass is 35.5. The molecule has 0 aliphatic carbocycles. The molecule has 0 saturated carbocycles. The van der Waals surface area contributed by atoms with E-state index in [0.29, 0.717) is 24.0 Å². The van der Waals surface area contributed by atoms with Crippen molar-refractivity contribution in [1.29, 1.82) is 0 Å². The molecule has 0 aliphatic rings. The minimum Gasteiger partial charge on any atom is -0.488 e. The summed E-state index contributed by atoms with van der Waals surface area (Å²) in [5, 5.41) is 0.482. The first kappa shape index (κ1) is 18.5. The molecule has 0 amide bonds. The predicted octanol–water partition coefficient (Wildman–Crippen LogP) is 3.33. The van der Waals surface area contributed by atoms with Crippen molar-refractivity contribution in [3.63, 3.8) is 0 Å². The Labute approximate surface area is 137 Å². The summed E-state index contributed by atoms with van der Waals surface area (Å²) < 4.78 is 10.6. The number of esters is 1. The van der Waals surface area contributed by atoms with Crippen LogP contribution in [-0.2, 0) is 16.0 Å². The number of benzene rings is 1. The van der Waals surface area contributed by atoms with Crippen LogP contribution in [0.15, 0.2) is 30.9 Å². The zero-order chi connectivity index (χ0) is 16.4. The molecule has 0 unspecified atom stereocenters. The van der Waals surface area contributed by atoms with E-state index < -0.39 is 0 Å². The average molecular weight is 326 g/mol. The number of carbonyl (C=O) groups excluding carboxylic acids is 1. The van der Waals surface area contributed by atoms with Crippen LogP contribution in [0.4, 0.5) is 0 Å². The minimum absolute atomic E-state index is 0.208. The number of halogens is 1. The van der Waals surface area contributed by atoms with Gasteiger partial charge in [0.1, 0.15) is 19.0 Å². The lowest BCUT2D eigenvalue weighted by molar-refractivity contribution is -0.143. The smallest absolute Gasteiger partial charge is 0.310 e. The molecule has 0 bridgehead atoms. The second-order valence-electron chi connectivity index (χ2n) is 4.79. The van der Waals surface area contributed by atoms with Crippen molar-refractivity contribution in [1.82, 2.24) is 4.90 Å². The predicted molar refractivity (Wildman–Crippen MR) is 89.6 cm³/mol. The number of carbonyl (C=O) groups is 1. The summed E-state index contributed by atoms with van der Waals surface area (Å²) in [5.41, 5.74) is 0.809. The van der Waals surface area contributed by atoms with Crippen LogP contribution in [0.3, 0.4) is 0 Å². The molecular formula is C17H24ClNO3. The Bertz CT molecular complexity index is 487. The molecule has 122 valence electrons. The van der Waals surface area contributed by atoms with Gasteiger partial charge in [-0.15, -0.1) is 0 Å². The lowest BCUT2D eigenvalue weighted by atomic mass is 10.1. The fraction of sp³-hybridized carbons (Fsp3) is 0.471. The molecule has 1 aromatic rings.